The van der Waals surface area contributed by atoms with Gasteiger partial charge in [-0.25, -0.2) is 0 Å². The molecular weight excluding hydrogens is 433 g/mol. The molecule has 0 aliphatic carbocycles. The highest BCUT2D eigenvalue weighted by molar-refractivity contribution is 7.79. The quantitative estimate of drug-likeness (QED) is 0.378. The average molecular weight is 482 g/mol. The highest BCUT2D eigenvalue weighted by atomic mass is 32.1. The zero-order valence-electron chi connectivity index (χ0n) is 24.2. The monoisotopic (exact) mass is 481 g/mol. The molecule has 188 valence electrons. The van der Waals surface area contributed by atoms with Crippen LogP contribution in [-0.2, 0) is 0 Å². The van der Waals surface area contributed by atoms with Crippen LogP contribution in [0.4, 0.5) is 11.4 Å². The maximum atomic E-state index is 4.50. The minimum Gasteiger partial charge on any atom is -0.303 e. The summed E-state index contributed by atoms with van der Waals surface area (Å²) in [7, 11) is 6.75. The first-order chi connectivity index (χ1) is 16.0. The van der Waals surface area contributed by atoms with Gasteiger partial charge in [0.2, 0.25) is 0 Å². The molecule has 2 radical (unpaired) electrons. The molecule has 1 fully saturated rings. The van der Waals surface area contributed by atoms with Crippen molar-refractivity contribution in [2.75, 3.05) is 49.5 Å². The summed E-state index contributed by atoms with van der Waals surface area (Å²) in [6.45, 7) is 28.6. The fraction of sp³-hybridized carbons (Fsp3) is 0.586. The number of hydrogen-bond donors (Lipinski definition) is 1. The van der Waals surface area contributed by atoms with Crippen molar-refractivity contribution in [3.8, 4) is 0 Å². The van der Waals surface area contributed by atoms with Crippen LogP contribution in [-0.4, -0.2) is 52.2 Å². The van der Waals surface area contributed by atoms with E-state index in [2.05, 4.69) is 112 Å². The van der Waals surface area contributed by atoms with Crippen molar-refractivity contribution in [2.24, 2.45) is 0 Å². The summed E-state index contributed by atoms with van der Waals surface area (Å²) in [5.41, 5.74) is 17.0. The maximum Gasteiger partial charge on any atom is 0.0638 e. The number of anilines is 2. The molecule has 2 aromatic carbocycles. The normalized spacial score (nSPS) is 14.2. The Morgan fingerprint density at radius 3 is 0.882 bits per heavy atom. The summed E-state index contributed by atoms with van der Waals surface area (Å²) in [5, 5.41) is 5.19. The first-order valence-corrected chi connectivity index (χ1v) is 13.3. The van der Waals surface area contributed by atoms with E-state index < -0.39 is 0 Å². The second-order valence-electron chi connectivity index (χ2n) is 9.50. The van der Waals surface area contributed by atoms with Crippen molar-refractivity contribution in [1.29, 1.82) is 0 Å². The summed E-state index contributed by atoms with van der Waals surface area (Å²) < 4.78 is 0. The van der Waals surface area contributed by atoms with Gasteiger partial charge < -0.3 is 4.90 Å². The second-order valence-corrected chi connectivity index (χ2v) is 9.50. The molecule has 1 heterocycles. The Kier molecular flexibility index (Phi) is 11.6. The van der Waals surface area contributed by atoms with E-state index in [1.54, 1.807) is 6.26 Å². The molecule has 0 atom stereocenters. The molecule has 0 spiro atoms. The third kappa shape index (κ3) is 5.62. The molecule has 1 saturated heterocycles. The smallest absolute Gasteiger partial charge is 0.0638 e. The van der Waals surface area contributed by atoms with Gasteiger partial charge >= 0.3 is 0 Å². The third-order valence-electron chi connectivity index (χ3n) is 8.12. The largest absolute Gasteiger partial charge is 0.303 e. The molecule has 2 aromatic rings. The van der Waals surface area contributed by atoms with Gasteiger partial charge in [-0.3, -0.25) is 10.0 Å². The van der Waals surface area contributed by atoms with Crippen LogP contribution in [0.1, 0.15) is 55.6 Å². The van der Waals surface area contributed by atoms with Crippen LogP contribution in [0.5, 0.6) is 0 Å². The van der Waals surface area contributed by atoms with Crippen molar-refractivity contribution in [3.05, 3.63) is 55.6 Å². The van der Waals surface area contributed by atoms with Crippen LogP contribution in [0, 0.1) is 69.2 Å². The topological polar surface area (TPSA) is 9.72 Å². The van der Waals surface area contributed by atoms with E-state index in [9.17, 15) is 0 Å². The van der Waals surface area contributed by atoms with Crippen molar-refractivity contribution in [1.82, 2.24) is 4.90 Å². The molecule has 0 amide bonds. The van der Waals surface area contributed by atoms with Crippen LogP contribution in [0.15, 0.2) is 0 Å². The Bertz CT molecular complexity index is 862. The Labute approximate surface area is 217 Å². The highest BCUT2D eigenvalue weighted by Gasteiger charge is 2.29. The third-order valence-corrected chi connectivity index (χ3v) is 8.12. The Hall–Kier alpha value is -1.59. The first-order valence-electron chi connectivity index (χ1n) is 12.4. The van der Waals surface area contributed by atoms with Crippen LogP contribution in [0.25, 0.3) is 0 Å². The first kappa shape index (κ1) is 30.4. The predicted octanol–water partition coefficient (Wildman–Crippen LogP) is 6.69. The van der Waals surface area contributed by atoms with E-state index >= 15 is 0 Å². The lowest BCUT2D eigenvalue weighted by molar-refractivity contribution is 0.369. The molecule has 0 aromatic heterocycles. The Balaban J connectivity index is 0.00000137. The fourth-order valence-corrected chi connectivity index (χ4v) is 5.08. The van der Waals surface area contributed by atoms with Crippen molar-refractivity contribution in [2.45, 2.75) is 76.1 Å². The summed E-state index contributed by atoms with van der Waals surface area (Å²) in [6, 6.07) is 0. The van der Waals surface area contributed by atoms with E-state index in [0.29, 0.717) is 0 Å². The van der Waals surface area contributed by atoms with Gasteiger partial charge in [0.25, 0.3) is 0 Å². The van der Waals surface area contributed by atoms with Gasteiger partial charge in [0.15, 0.2) is 0 Å². The van der Waals surface area contributed by atoms with Gasteiger partial charge in [0, 0.05) is 13.1 Å². The molecule has 0 unspecified atom stereocenters. The van der Waals surface area contributed by atoms with Gasteiger partial charge in [-0.05, 0) is 138 Å². The van der Waals surface area contributed by atoms with E-state index in [4.69, 9.17) is 0 Å². The molecule has 1 aliphatic rings. The van der Waals surface area contributed by atoms with E-state index in [0.717, 1.165) is 26.2 Å². The summed E-state index contributed by atoms with van der Waals surface area (Å²) in [6.07, 6.45) is 1.69. The maximum absolute atomic E-state index is 4.50. The summed E-state index contributed by atoms with van der Waals surface area (Å²) >= 11 is 3.53. The van der Waals surface area contributed by atoms with E-state index in [1.807, 2.05) is 0 Å². The molecule has 34 heavy (non-hydrogen) atoms. The van der Waals surface area contributed by atoms with Crippen molar-refractivity contribution in [3.63, 3.8) is 0 Å². The lowest BCUT2D eigenvalue weighted by Gasteiger charge is -2.41. The summed E-state index contributed by atoms with van der Waals surface area (Å²) in [4.78, 5) is 2.46. The number of benzene rings is 2. The van der Waals surface area contributed by atoms with Crippen LogP contribution in [0.2, 0.25) is 6.82 Å². The van der Waals surface area contributed by atoms with Crippen molar-refractivity contribution < 1.29 is 0 Å². The predicted molar refractivity (Wildman–Crippen MR) is 159 cm³/mol. The molecule has 5 heteroatoms. The lowest BCUT2D eigenvalue weighted by Crippen LogP contribution is -2.46. The number of thiol groups is 1. The number of likely N-dealkylation sites (N-methyl/N-ethyl adjacent to an activating group) is 1. The van der Waals surface area contributed by atoms with Gasteiger partial charge in [-0.1, -0.05) is 6.82 Å². The van der Waals surface area contributed by atoms with Gasteiger partial charge in [0.05, 0.1) is 32.3 Å². The molecule has 1 aliphatic heterocycles. The van der Waals surface area contributed by atoms with Crippen molar-refractivity contribution >= 4 is 31.8 Å². The lowest BCUT2D eigenvalue weighted by atomic mass is 9.91. The van der Waals surface area contributed by atoms with Gasteiger partial charge in [0.1, 0.15) is 0 Å². The number of rotatable bonds is 2. The van der Waals surface area contributed by atoms with Gasteiger partial charge in [-0.15, -0.1) is 0 Å². The van der Waals surface area contributed by atoms with Crippen LogP contribution in [0.3, 0.4) is 0 Å². The second kappa shape index (κ2) is 12.9. The fourth-order valence-electron chi connectivity index (χ4n) is 5.08. The minimum atomic E-state index is 1.00. The van der Waals surface area contributed by atoms with Gasteiger partial charge in [-0.2, -0.15) is 12.6 Å². The standard InChI is InChI=1S/C27H41N3.CH3B.CH4S/c1-16-18(3)22(7)26(23(8)19(16)4)29-14-12-28(11)13-15-30(29)27-24(9)20(5)17(2)21(6)25(27)10;2*1-2/h12-15H2,1-11H3;1H3;2H,1H3. The molecule has 3 rings (SSSR count). The SMILES string of the molecule is CS.Cc1c(C)c(C)c(N2CCN(C)CCN2c2c(C)c(C)c(C)c(C)c2C)c(C)c1C.[B]C. The number of hydrogen-bond acceptors (Lipinski definition) is 4. The van der Waals surface area contributed by atoms with Crippen LogP contribution < -0.4 is 10.0 Å². The Morgan fingerprint density at radius 1 is 0.441 bits per heavy atom. The van der Waals surface area contributed by atoms with E-state index in [-0.39, 0.29) is 0 Å². The zero-order chi connectivity index (χ0) is 26.5. The highest BCUT2D eigenvalue weighted by Crippen LogP contribution is 2.39. The summed E-state index contributed by atoms with van der Waals surface area (Å²) in [5.74, 6) is 0. The van der Waals surface area contributed by atoms with Crippen LogP contribution >= 0.6 is 12.6 Å². The number of nitrogens with zero attached hydrogens (tertiary/aromatic N) is 3. The molecular formula is C29H48BN3S. The average Bonchev–Trinajstić information content (AvgIpc) is 3.03. The van der Waals surface area contributed by atoms with E-state index in [1.165, 1.54) is 73.8 Å². The molecule has 3 nitrogen and oxygen atoms in total. The molecule has 0 saturated carbocycles. The molecule has 0 N–H and O–H groups in total. The molecule has 0 bridgehead atoms. The Morgan fingerprint density at radius 2 is 0.647 bits per heavy atom. The number of hydrazine groups is 1. The zero-order valence-corrected chi connectivity index (χ0v) is 25.1. The minimum absolute atomic E-state index is 1.00.